The molecule has 0 aromatic carbocycles. The Hall–Kier alpha value is -1.16. The SMILES string of the molecule is NCCCn1cnc2c(c1=O)CCCC2. The second-order valence-electron chi connectivity index (χ2n) is 4.02. The Morgan fingerprint density at radius 3 is 3.00 bits per heavy atom. The zero-order valence-electron chi connectivity index (χ0n) is 8.91. The number of rotatable bonds is 3. The first-order valence-electron chi connectivity index (χ1n) is 5.60. The van der Waals surface area contributed by atoms with E-state index < -0.39 is 0 Å². The average molecular weight is 207 g/mol. The number of aryl methyl sites for hydroxylation is 2. The summed E-state index contributed by atoms with van der Waals surface area (Å²) in [7, 11) is 0. The van der Waals surface area contributed by atoms with Crippen molar-refractivity contribution in [1.29, 1.82) is 0 Å². The van der Waals surface area contributed by atoms with Gasteiger partial charge in [0.1, 0.15) is 0 Å². The molecule has 0 spiro atoms. The summed E-state index contributed by atoms with van der Waals surface area (Å²) in [6.45, 7) is 1.30. The molecule has 2 rings (SSSR count). The van der Waals surface area contributed by atoms with E-state index in [9.17, 15) is 4.79 Å². The molecule has 1 aliphatic rings. The summed E-state index contributed by atoms with van der Waals surface area (Å²) < 4.78 is 1.69. The highest BCUT2D eigenvalue weighted by molar-refractivity contribution is 5.19. The van der Waals surface area contributed by atoms with Gasteiger partial charge in [0.25, 0.3) is 5.56 Å². The third-order valence-corrected chi connectivity index (χ3v) is 2.91. The Kier molecular flexibility index (Phi) is 3.16. The van der Waals surface area contributed by atoms with Crippen LogP contribution >= 0.6 is 0 Å². The lowest BCUT2D eigenvalue weighted by atomic mass is 9.97. The van der Waals surface area contributed by atoms with Crippen molar-refractivity contribution in [2.75, 3.05) is 6.54 Å². The van der Waals surface area contributed by atoms with Gasteiger partial charge in [-0.15, -0.1) is 0 Å². The molecular weight excluding hydrogens is 190 g/mol. The molecule has 1 heterocycles. The molecule has 15 heavy (non-hydrogen) atoms. The highest BCUT2D eigenvalue weighted by Crippen LogP contribution is 2.15. The number of nitrogens with zero attached hydrogens (tertiary/aromatic N) is 2. The first-order chi connectivity index (χ1) is 7.33. The number of nitrogens with two attached hydrogens (primary N) is 1. The van der Waals surface area contributed by atoms with Crippen molar-refractivity contribution in [2.24, 2.45) is 5.73 Å². The lowest BCUT2D eigenvalue weighted by molar-refractivity contribution is 0.581. The van der Waals surface area contributed by atoms with E-state index in [0.717, 1.165) is 43.4 Å². The van der Waals surface area contributed by atoms with Gasteiger partial charge in [-0.2, -0.15) is 0 Å². The third-order valence-electron chi connectivity index (χ3n) is 2.91. The Morgan fingerprint density at radius 2 is 2.20 bits per heavy atom. The maximum absolute atomic E-state index is 12.0. The Labute approximate surface area is 89.1 Å². The summed E-state index contributed by atoms with van der Waals surface area (Å²) >= 11 is 0. The second kappa shape index (κ2) is 4.57. The third kappa shape index (κ3) is 2.09. The molecule has 0 radical (unpaired) electrons. The molecule has 0 fully saturated rings. The van der Waals surface area contributed by atoms with E-state index in [2.05, 4.69) is 4.98 Å². The highest BCUT2D eigenvalue weighted by Gasteiger charge is 2.14. The molecule has 4 nitrogen and oxygen atoms in total. The first kappa shape index (κ1) is 10.4. The molecular formula is C11H17N3O. The molecule has 0 amide bonds. The summed E-state index contributed by atoms with van der Waals surface area (Å²) in [6.07, 6.45) is 6.63. The van der Waals surface area contributed by atoms with Gasteiger partial charge in [0.05, 0.1) is 12.0 Å². The van der Waals surface area contributed by atoms with Crippen LogP contribution < -0.4 is 11.3 Å². The summed E-state index contributed by atoms with van der Waals surface area (Å²) in [5, 5.41) is 0. The second-order valence-corrected chi connectivity index (χ2v) is 4.02. The van der Waals surface area contributed by atoms with Crippen molar-refractivity contribution in [1.82, 2.24) is 9.55 Å². The first-order valence-corrected chi connectivity index (χ1v) is 5.60. The standard InChI is InChI=1S/C11H17N3O/c12-6-3-7-14-8-13-10-5-2-1-4-9(10)11(14)15/h8H,1-7,12H2. The van der Waals surface area contributed by atoms with Crippen LogP contribution in [0.4, 0.5) is 0 Å². The fourth-order valence-electron chi connectivity index (χ4n) is 2.05. The van der Waals surface area contributed by atoms with Crippen molar-refractivity contribution in [2.45, 2.75) is 38.6 Å². The van der Waals surface area contributed by atoms with Crippen molar-refractivity contribution in [3.05, 3.63) is 27.9 Å². The lowest BCUT2D eigenvalue weighted by Gasteiger charge is -2.15. The summed E-state index contributed by atoms with van der Waals surface area (Å²) in [4.78, 5) is 16.4. The van der Waals surface area contributed by atoms with E-state index in [0.29, 0.717) is 13.1 Å². The molecule has 2 N–H and O–H groups in total. The molecule has 0 aliphatic heterocycles. The number of hydrogen-bond acceptors (Lipinski definition) is 3. The zero-order valence-corrected chi connectivity index (χ0v) is 8.91. The van der Waals surface area contributed by atoms with E-state index in [1.807, 2.05) is 0 Å². The van der Waals surface area contributed by atoms with Crippen LogP contribution in [0.15, 0.2) is 11.1 Å². The molecule has 0 unspecified atom stereocenters. The average Bonchev–Trinajstić information content (AvgIpc) is 2.29. The molecule has 0 atom stereocenters. The van der Waals surface area contributed by atoms with Crippen LogP contribution in [-0.2, 0) is 19.4 Å². The Balaban J connectivity index is 2.30. The van der Waals surface area contributed by atoms with Gasteiger partial charge in [-0.05, 0) is 38.6 Å². The van der Waals surface area contributed by atoms with Gasteiger partial charge in [-0.3, -0.25) is 9.36 Å². The lowest BCUT2D eigenvalue weighted by Crippen LogP contribution is -2.28. The topological polar surface area (TPSA) is 60.9 Å². The molecule has 1 aromatic heterocycles. The van der Waals surface area contributed by atoms with Gasteiger partial charge in [-0.25, -0.2) is 4.98 Å². The van der Waals surface area contributed by atoms with Crippen LogP contribution in [0.3, 0.4) is 0 Å². The number of aromatic nitrogens is 2. The molecule has 0 bridgehead atoms. The molecule has 4 heteroatoms. The number of fused-ring (bicyclic) bond motifs is 1. The van der Waals surface area contributed by atoms with Gasteiger partial charge >= 0.3 is 0 Å². The van der Waals surface area contributed by atoms with E-state index in [4.69, 9.17) is 5.73 Å². The van der Waals surface area contributed by atoms with Crippen molar-refractivity contribution >= 4 is 0 Å². The van der Waals surface area contributed by atoms with Crippen LogP contribution in [0, 0.1) is 0 Å². The van der Waals surface area contributed by atoms with Gasteiger partial charge in [0, 0.05) is 12.1 Å². The largest absolute Gasteiger partial charge is 0.330 e. The molecule has 1 aliphatic carbocycles. The molecule has 0 saturated carbocycles. The quantitative estimate of drug-likeness (QED) is 0.783. The fraction of sp³-hybridized carbons (Fsp3) is 0.636. The number of hydrogen-bond donors (Lipinski definition) is 1. The Bertz CT molecular complexity index is 397. The minimum Gasteiger partial charge on any atom is -0.330 e. The van der Waals surface area contributed by atoms with Gasteiger partial charge in [0.15, 0.2) is 0 Å². The normalized spacial score (nSPS) is 15.0. The smallest absolute Gasteiger partial charge is 0.256 e. The highest BCUT2D eigenvalue weighted by atomic mass is 16.1. The van der Waals surface area contributed by atoms with Crippen LogP contribution in [0.5, 0.6) is 0 Å². The predicted molar refractivity (Wildman–Crippen MR) is 58.8 cm³/mol. The van der Waals surface area contributed by atoms with E-state index in [-0.39, 0.29) is 5.56 Å². The van der Waals surface area contributed by atoms with Crippen molar-refractivity contribution < 1.29 is 0 Å². The summed E-state index contributed by atoms with van der Waals surface area (Å²) in [5.74, 6) is 0. The minimum atomic E-state index is 0.146. The van der Waals surface area contributed by atoms with Gasteiger partial charge in [0.2, 0.25) is 0 Å². The zero-order chi connectivity index (χ0) is 10.7. The van der Waals surface area contributed by atoms with E-state index >= 15 is 0 Å². The van der Waals surface area contributed by atoms with Gasteiger partial charge in [-0.1, -0.05) is 0 Å². The van der Waals surface area contributed by atoms with E-state index in [1.165, 1.54) is 0 Å². The van der Waals surface area contributed by atoms with Gasteiger partial charge < -0.3 is 5.73 Å². The van der Waals surface area contributed by atoms with Crippen LogP contribution in [0.1, 0.15) is 30.5 Å². The van der Waals surface area contributed by atoms with Crippen molar-refractivity contribution in [3.8, 4) is 0 Å². The predicted octanol–water partition coefficient (Wildman–Crippen LogP) is 0.471. The molecule has 0 saturated heterocycles. The maximum Gasteiger partial charge on any atom is 0.256 e. The fourth-order valence-corrected chi connectivity index (χ4v) is 2.05. The maximum atomic E-state index is 12.0. The summed E-state index contributed by atoms with van der Waals surface area (Å²) in [5.41, 5.74) is 7.52. The minimum absolute atomic E-state index is 0.146. The van der Waals surface area contributed by atoms with E-state index in [1.54, 1.807) is 10.9 Å². The molecule has 82 valence electrons. The van der Waals surface area contributed by atoms with Crippen LogP contribution in [0.25, 0.3) is 0 Å². The molecule has 1 aromatic rings. The van der Waals surface area contributed by atoms with Crippen LogP contribution in [0.2, 0.25) is 0 Å². The monoisotopic (exact) mass is 207 g/mol. The van der Waals surface area contributed by atoms with Crippen molar-refractivity contribution in [3.63, 3.8) is 0 Å². The Morgan fingerprint density at radius 1 is 1.40 bits per heavy atom. The van der Waals surface area contributed by atoms with Crippen LogP contribution in [-0.4, -0.2) is 16.1 Å². The summed E-state index contributed by atoms with van der Waals surface area (Å²) in [6, 6.07) is 0.